The second kappa shape index (κ2) is 9.90. The summed E-state index contributed by atoms with van der Waals surface area (Å²) in [6.45, 7) is 0. The van der Waals surface area contributed by atoms with Crippen molar-refractivity contribution in [2.75, 3.05) is 10.6 Å². The van der Waals surface area contributed by atoms with Gasteiger partial charge in [0.2, 0.25) is 0 Å². The Hall–Kier alpha value is -4.68. The summed E-state index contributed by atoms with van der Waals surface area (Å²) < 4.78 is 5.43. The lowest BCUT2D eigenvalue weighted by Crippen LogP contribution is -2.14. The summed E-state index contributed by atoms with van der Waals surface area (Å²) in [6.07, 6.45) is 0. The SMILES string of the molecule is O=C(Nc1cccc(NC(=O)c2ccccc2Cl)c1)c1cccc(-c2cc3ccccc3oc2=O)c1. The van der Waals surface area contributed by atoms with Crippen molar-refractivity contribution in [2.45, 2.75) is 0 Å². The fourth-order valence-electron chi connectivity index (χ4n) is 3.81. The van der Waals surface area contributed by atoms with Gasteiger partial charge in [-0.1, -0.05) is 60.1 Å². The maximum atomic E-state index is 13.0. The first-order valence-electron chi connectivity index (χ1n) is 11.1. The number of amides is 2. The smallest absolute Gasteiger partial charge is 0.344 e. The molecular weight excluding hydrogens is 476 g/mol. The first-order valence-corrected chi connectivity index (χ1v) is 11.5. The molecule has 0 aliphatic heterocycles. The van der Waals surface area contributed by atoms with Gasteiger partial charge in [0.1, 0.15) is 5.58 Å². The molecule has 0 aliphatic rings. The van der Waals surface area contributed by atoms with Crippen LogP contribution in [0.2, 0.25) is 5.02 Å². The molecular formula is C29H19ClN2O4. The molecule has 0 atom stereocenters. The Morgan fingerprint density at radius 3 is 2.19 bits per heavy atom. The zero-order valence-electron chi connectivity index (χ0n) is 18.8. The largest absolute Gasteiger partial charge is 0.422 e. The molecule has 5 rings (SSSR count). The minimum absolute atomic E-state index is 0.347. The highest BCUT2D eigenvalue weighted by Crippen LogP contribution is 2.23. The number of anilines is 2. The summed E-state index contributed by atoms with van der Waals surface area (Å²) in [7, 11) is 0. The van der Waals surface area contributed by atoms with Gasteiger partial charge in [-0.15, -0.1) is 0 Å². The van der Waals surface area contributed by atoms with E-state index in [1.165, 1.54) is 0 Å². The summed E-state index contributed by atoms with van der Waals surface area (Å²) in [5.74, 6) is -0.720. The number of fused-ring (bicyclic) bond motifs is 1. The lowest BCUT2D eigenvalue weighted by Gasteiger charge is -2.10. The van der Waals surface area contributed by atoms with E-state index in [-0.39, 0.29) is 11.8 Å². The molecule has 0 spiro atoms. The highest BCUT2D eigenvalue weighted by molar-refractivity contribution is 6.34. The Morgan fingerprint density at radius 1 is 0.694 bits per heavy atom. The van der Waals surface area contributed by atoms with Crippen LogP contribution >= 0.6 is 11.6 Å². The molecule has 0 bridgehead atoms. The van der Waals surface area contributed by atoms with Gasteiger partial charge in [0.05, 0.1) is 16.1 Å². The van der Waals surface area contributed by atoms with Crippen molar-refractivity contribution in [2.24, 2.45) is 0 Å². The molecule has 0 aliphatic carbocycles. The fourth-order valence-corrected chi connectivity index (χ4v) is 4.03. The molecule has 2 amide bonds. The number of benzene rings is 4. The second-order valence-electron chi connectivity index (χ2n) is 8.04. The summed E-state index contributed by atoms with van der Waals surface area (Å²) in [5.41, 5.74) is 2.67. The van der Waals surface area contributed by atoms with Crippen molar-refractivity contribution in [3.63, 3.8) is 0 Å². The quantitative estimate of drug-likeness (QED) is 0.269. The van der Waals surface area contributed by atoms with E-state index in [0.29, 0.717) is 44.2 Å². The van der Waals surface area contributed by atoms with Crippen LogP contribution in [0.25, 0.3) is 22.1 Å². The maximum absolute atomic E-state index is 13.0. The Morgan fingerprint density at radius 2 is 1.39 bits per heavy atom. The Balaban J connectivity index is 1.35. The average Bonchev–Trinajstić information content (AvgIpc) is 2.89. The Bertz CT molecular complexity index is 1680. The van der Waals surface area contributed by atoms with Crippen LogP contribution in [0.1, 0.15) is 20.7 Å². The molecule has 176 valence electrons. The van der Waals surface area contributed by atoms with Crippen molar-refractivity contribution in [3.05, 3.63) is 130 Å². The van der Waals surface area contributed by atoms with Gasteiger partial charge >= 0.3 is 5.63 Å². The maximum Gasteiger partial charge on any atom is 0.344 e. The van der Waals surface area contributed by atoms with Gasteiger partial charge in [0.25, 0.3) is 11.8 Å². The molecule has 1 aromatic heterocycles. The number of carbonyl (C=O) groups is 2. The number of hydrogen-bond donors (Lipinski definition) is 2. The predicted octanol–water partition coefficient (Wildman–Crippen LogP) is 6.62. The fraction of sp³-hybridized carbons (Fsp3) is 0. The predicted molar refractivity (Wildman–Crippen MR) is 142 cm³/mol. The topological polar surface area (TPSA) is 88.4 Å². The van der Waals surface area contributed by atoms with Gasteiger partial charge in [-0.05, 0) is 60.2 Å². The van der Waals surface area contributed by atoms with Crippen molar-refractivity contribution in [1.82, 2.24) is 0 Å². The molecule has 7 heteroatoms. The van der Waals surface area contributed by atoms with Crippen molar-refractivity contribution in [3.8, 4) is 11.1 Å². The van der Waals surface area contributed by atoms with E-state index in [0.717, 1.165) is 5.39 Å². The first-order chi connectivity index (χ1) is 17.5. The molecule has 0 unspecified atom stereocenters. The third-order valence-electron chi connectivity index (χ3n) is 5.57. The van der Waals surface area contributed by atoms with Crippen LogP contribution in [0, 0.1) is 0 Å². The van der Waals surface area contributed by atoms with Gasteiger partial charge in [0, 0.05) is 22.3 Å². The number of nitrogens with one attached hydrogen (secondary N) is 2. The molecule has 36 heavy (non-hydrogen) atoms. The summed E-state index contributed by atoms with van der Waals surface area (Å²) in [5, 5.41) is 6.75. The van der Waals surface area contributed by atoms with Gasteiger partial charge in [-0.25, -0.2) is 4.79 Å². The summed E-state index contributed by atoms with van der Waals surface area (Å²) in [4.78, 5) is 38.1. The van der Waals surface area contributed by atoms with E-state index in [1.54, 1.807) is 91.0 Å². The minimum Gasteiger partial charge on any atom is -0.422 e. The number of carbonyl (C=O) groups excluding carboxylic acids is 2. The van der Waals surface area contributed by atoms with Crippen molar-refractivity contribution in [1.29, 1.82) is 0 Å². The molecule has 0 saturated carbocycles. The Kier molecular flexibility index (Phi) is 6.34. The van der Waals surface area contributed by atoms with Gasteiger partial charge in [-0.2, -0.15) is 0 Å². The Labute approximate surface area is 211 Å². The summed E-state index contributed by atoms with van der Waals surface area (Å²) in [6, 6.07) is 29.3. The molecule has 2 N–H and O–H groups in total. The van der Waals surface area contributed by atoms with E-state index in [1.807, 2.05) is 12.1 Å². The van der Waals surface area contributed by atoms with Crippen LogP contribution in [0.5, 0.6) is 0 Å². The lowest BCUT2D eigenvalue weighted by atomic mass is 10.0. The van der Waals surface area contributed by atoms with Crippen LogP contribution in [0.15, 0.2) is 112 Å². The lowest BCUT2D eigenvalue weighted by molar-refractivity contribution is 0.101. The normalized spacial score (nSPS) is 10.7. The van der Waals surface area contributed by atoms with E-state index in [9.17, 15) is 14.4 Å². The van der Waals surface area contributed by atoms with Crippen molar-refractivity contribution < 1.29 is 14.0 Å². The third kappa shape index (κ3) is 4.89. The molecule has 5 aromatic rings. The molecule has 1 heterocycles. The van der Waals surface area contributed by atoms with Crippen LogP contribution in [-0.2, 0) is 0 Å². The average molecular weight is 495 g/mol. The van der Waals surface area contributed by atoms with E-state index >= 15 is 0 Å². The van der Waals surface area contributed by atoms with Crippen LogP contribution in [0.4, 0.5) is 11.4 Å². The zero-order chi connectivity index (χ0) is 25.1. The number of para-hydroxylation sites is 1. The monoisotopic (exact) mass is 494 g/mol. The molecule has 4 aromatic carbocycles. The van der Waals surface area contributed by atoms with E-state index in [2.05, 4.69) is 10.6 Å². The van der Waals surface area contributed by atoms with E-state index < -0.39 is 5.63 Å². The van der Waals surface area contributed by atoms with Crippen molar-refractivity contribution >= 4 is 45.8 Å². The molecule has 0 radical (unpaired) electrons. The third-order valence-corrected chi connectivity index (χ3v) is 5.90. The van der Waals surface area contributed by atoms with E-state index in [4.69, 9.17) is 16.0 Å². The van der Waals surface area contributed by atoms with Gasteiger partial charge in [-0.3, -0.25) is 9.59 Å². The molecule has 6 nitrogen and oxygen atoms in total. The number of halogens is 1. The van der Waals surface area contributed by atoms with Gasteiger partial charge < -0.3 is 15.1 Å². The second-order valence-corrected chi connectivity index (χ2v) is 8.44. The highest BCUT2D eigenvalue weighted by Gasteiger charge is 2.13. The standard InChI is InChI=1S/C29H19ClN2O4/c30-25-13-3-2-12-23(25)28(34)32-22-11-6-10-21(17-22)31-27(33)20-9-5-8-18(15-20)24-16-19-7-1-4-14-26(19)36-29(24)35/h1-17H,(H,31,33)(H,32,34). The van der Waals surface area contributed by atoms with Crippen LogP contribution in [0.3, 0.4) is 0 Å². The van der Waals surface area contributed by atoms with Crippen LogP contribution < -0.4 is 16.3 Å². The first kappa shape index (κ1) is 23.1. The van der Waals surface area contributed by atoms with Crippen LogP contribution in [-0.4, -0.2) is 11.8 Å². The summed E-state index contributed by atoms with van der Waals surface area (Å²) >= 11 is 6.11. The molecule has 0 saturated heterocycles. The highest BCUT2D eigenvalue weighted by atomic mass is 35.5. The minimum atomic E-state index is -0.478. The number of rotatable bonds is 5. The zero-order valence-corrected chi connectivity index (χ0v) is 19.6. The van der Waals surface area contributed by atoms with Gasteiger partial charge in [0.15, 0.2) is 0 Å². The number of hydrogen-bond acceptors (Lipinski definition) is 4. The molecule has 0 fully saturated rings.